The van der Waals surface area contributed by atoms with Crippen LogP contribution >= 0.6 is 8.25 Å². The third-order valence-corrected chi connectivity index (χ3v) is 4.10. The van der Waals surface area contributed by atoms with Gasteiger partial charge in [0.05, 0.1) is 6.10 Å². The van der Waals surface area contributed by atoms with Crippen LogP contribution in [-0.2, 0) is 13.8 Å². The van der Waals surface area contributed by atoms with Crippen molar-refractivity contribution >= 4 is 8.25 Å². The highest BCUT2D eigenvalue weighted by Crippen LogP contribution is 2.28. The van der Waals surface area contributed by atoms with Crippen LogP contribution in [0.4, 0.5) is 0 Å². The van der Waals surface area contributed by atoms with E-state index < -0.39 is 31.8 Å². The predicted octanol–water partition coefficient (Wildman–Crippen LogP) is 2.60. The molecule has 2 unspecified atom stereocenters. The molecule has 1 heterocycles. The number of H-pyrrole nitrogens is 1. The molecule has 2 rings (SSSR count). The van der Waals surface area contributed by atoms with Gasteiger partial charge < -0.3 is 4.74 Å². The largest absolute Gasteiger partial charge is 0.750 e. The molecule has 1 N–H and O–H groups in total. The van der Waals surface area contributed by atoms with Crippen LogP contribution in [0, 0.1) is 0 Å². The molecule has 0 aliphatic heterocycles. The number of aromatic nitrogens is 2. The lowest BCUT2D eigenvalue weighted by atomic mass is 10.3. The first-order chi connectivity index (χ1) is 12.0. The number of nitrogens with zero attached hydrogens (tertiary/aromatic N) is 1. The molecule has 0 fully saturated rings. The van der Waals surface area contributed by atoms with Crippen LogP contribution < -0.4 is 15.8 Å². The first-order valence-corrected chi connectivity index (χ1v) is 8.89. The molecule has 0 radical (unpaired) electrons. The molecule has 1 aromatic carbocycles. The Balaban J connectivity index is 1.88. The molecule has 3 atom stereocenters. The zero-order valence-electron chi connectivity index (χ0n) is 14.0. The van der Waals surface area contributed by atoms with Crippen LogP contribution in [0.1, 0.15) is 26.5 Å². The molecule has 0 spiro atoms. The van der Waals surface area contributed by atoms with Crippen LogP contribution in [0.5, 0.6) is 5.75 Å². The zero-order chi connectivity index (χ0) is 18.2. The summed E-state index contributed by atoms with van der Waals surface area (Å²) in [5.74, 6) is 0.450. The number of hydrogen-bond acceptors (Lipinski definition) is 6. The summed E-state index contributed by atoms with van der Waals surface area (Å²) >= 11 is 0. The number of benzene rings is 1. The maximum atomic E-state index is 11.8. The van der Waals surface area contributed by atoms with Gasteiger partial charge in [-0.05, 0) is 25.5 Å². The molecule has 0 amide bonds. The number of rotatable bonds is 9. The molecular weight excluding hydrogens is 347 g/mol. The van der Waals surface area contributed by atoms with Gasteiger partial charge >= 0.3 is 13.9 Å². The lowest BCUT2D eigenvalue weighted by Crippen LogP contribution is -2.33. The third-order valence-electron chi connectivity index (χ3n) is 3.38. The topological polar surface area (TPSA) is 99.6 Å². The van der Waals surface area contributed by atoms with E-state index in [1.54, 1.807) is 31.2 Å². The van der Waals surface area contributed by atoms with E-state index in [-0.39, 0.29) is 6.61 Å². The second-order valence-corrected chi connectivity index (χ2v) is 6.09. The van der Waals surface area contributed by atoms with Gasteiger partial charge in [0.2, 0.25) is 0 Å². The van der Waals surface area contributed by atoms with Crippen molar-refractivity contribution in [2.45, 2.75) is 32.6 Å². The molecule has 8 nitrogen and oxygen atoms in total. The monoisotopic (exact) mass is 367 g/mol. The molecule has 0 saturated carbocycles. The highest BCUT2D eigenvalue weighted by atomic mass is 31.1. The van der Waals surface area contributed by atoms with Gasteiger partial charge in [0.1, 0.15) is 12.8 Å². The molecule has 0 aliphatic carbocycles. The highest BCUT2D eigenvalue weighted by Gasteiger charge is 2.25. The first kappa shape index (κ1) is 19.1. The summed E-state index contributed by atoms with van der Waals surface area (Å²) in [5, 5.41) is 0. The van der Waals surface area contributed by atoms with Crippen LogP contribution in [-0.4, -0.2) is 22.3 Å². The van der Waals surface area contributed by atoms with E-state index in [0.29, 0.717) is 12.2 Å². The molecule has 0 bridgehead atoms. The van der Waals surface area contributed by atoms with Gasteiger partial charge in [0, 0.05) is 16.8 Å². The van der Waals surface area contributed by atoms with Gasteiger partial charge in [-0.25, -0.2) is 9.32 Å². The molecule has 9 heteroatoms. The number of nitrogens with one attached hydrogen (secondary N) is 1. The van der Waals surface area contributed by atoms with Crippen LogP contribution in [0.15, 0.2) is 52.2 Å². The summed E-state index contributed by atoms with van der Waals surface area (Å²) in [6.45, 7) is 3.59. The lowest BCUT2D eigenvalue weighted by molar-refractivity contribution is -0.0641. The van der Waals surface area contributed by atoms with Crippen molar-refractivity contribution in [3.8, 4) is 5.75 Å². The summed E-state index contributed by atoms with van der Waals surface area (Å²) in [6, 6.07) is 9.94. The maximum Gasteiger partial charge on any atom is 0.750 e. The average Bonchev–Trinajstić information content (AvgIpc) is 2.59. The molecule has 0 saturated heterocycles. The predicted molar refractivity (Wildman–Crippen MR) is 91.8 cm³/mol. The molecule has 25 heavy (non-hydrogen) atoms. The molecule has 1 aromatic heterocycles. The Labute approximate surface area is 145 Å². The minimum Gasteiger partial charge on any atom is -0.352 e. The zero-order valence-corrected chi connectivity index (χ0v) is 14.8. The van der Waals surface area contributed by atoms with E-state index in [1.807, 2.05) is 13.0 Å². The fourth-order valence-corrected chi connectivity index (χ4v) is 2.68. The van der Waals surface area contributed by atoms with Crippen molar-refractivity contribution in [1.82, 2.24) is 9.55 Å². The lowest BCUT2D eigenvalue weighted by Gasteiger charge is -2.20. The maximum absolute atomic E-state index is 11.8. The minimum atomic E-state index is -2.33. The third kappa shape index (κ3) is 5.94. The van der Waals surface area contributed by atoms with Crippen LogP contribution in [0.2, 0.25) is 0 Å². The smallest absolute Gasteiger partial charge is 0.352 e. The van der Waals surface area contributed by atoms with Crippen molar-refractivity contribution in [1.29, 1.82) is 0 Å². The number of ether oxygens (including phenoxy) is 1. The summed E-state index contributed by atoms with van der Waals surface area (Å²) in [7, 11) is -2.33. The SMILES string of the molecule is CCC(CO[P+](=O)Oc1ccccc1)O[C@H](C)n1ccc(=O)[nH]c1=O. The molecule has 134 valence electrons. The molecule has 2 aromatic rings. The fraction of sp³-hybridized carbons (Fsp3) is 0.375. The van der Waals surface area contributed by atoms with Crippen molar-refractivity contribution in [2.24, 2.45) is 0 Å². The normalized spacial score (nSPS) is 13.9. The Morgan fingerprint density at radius 1 is 1.20 bits per heavy atom. The summed E-state index contributed by atoms with van der Waals surface area (Å²) in [4.78, 5) is 25.0. The van der Waals surface area contributed by atoms with E-state index in [1.165, 1.54) is 16.8 Å². The van der Waals surface area contributed by atoms with Crippen molar-refractivity contribution in [3.63, 3.8) is 0 Å². The summed E-state index contributed by atoms with van der Waals surface area (Å²) in [6.07, 6.45) is 0.924. The Hall–Kier alpha value is -2.28. The van der Waals surface area contributed by atoms with Gasteiger partial charge in [0.25, 0.3) is 5.56 Å². The standard InChI is InChI=1S/C16H19N2O6P/c1-3-13(11-22-25(21)24-14-7-5-4-6-8-14)23-12(2)18-10-9-15(19)17-16(18)20/h4-10,12-13H,3,11H2,1-2H3/p+1/t12-,13?/m1/s1. The molecule has 0 aliphatic rings. The Kier molecular flexibility index (Phi) is 7.06. The van der Waals surface area contributed by atoms with Crippen LogP contribution in [0.25, 0.3) is 0 Å². The quantitative estimate of drug-likeness (QED) is 0.684. The second-order valence-electron chi connectivity index (χ2n) is 5.21. The first-order valence-electron chi connectivity index (χ1n) is 7.79. The van der Waals surface area contributed by atoms with E-state index in [4.69, 9.17) is 13.8 Å². The van der Waals surface area contributed by atoms with E-state index in [0.717, 1.165) is 0 Å². The van der Waals surface area contributed by atoms with E-state index in [9.17, 15) is 14.2 Å². The van der Waals surface area contributed by atoms with Gasteiger partial charge in [-0.15, -0.1) is 4.52 Å². The van der Waals surface area contributed by atoms with Gasteiger partial charge in [0.15, 0.2) is 5.75 Å². The minimum absolute atomic E-state index is 0.0426. The Morgan fingerprint density at radius 2 is 1.92 bits per heavy atom. The average molecular weight is 367 g/mol. The van der Waals surface area contributed by atoms with Gasteiger partial charge in [-0.3, -0.25) is 14.3 Å². The summed E-state index contributed by atoms with van der Waals surface area (Å²) < 4.78 is 29.2. The van der Waals surface area contributed by atoms with E-state index in [2.05, 4.69) is 4.98 Å². The fourth-order valence-electron chi connectivity index (χ4n) is 2.05. The van der Waals surface area contributed by atoms with Crippen molar-refractivity contribution in [2.75, 3.05) is 6.61 Å². The van der Waals surface area contributed by atoms with Crippen molar-refractivity contribution in [3.05, 3.63) is 63.4 Å². The number of aromatic amines is 1. The van der Waals surface area contributed by atoms with Crippen LogP contribution in [0.3, 0.4) is 0 Å². The number of para-hydroxylation sites is 1. The van der Waals surface area contributed by atoms with Gasteiger partial charge in [-0.2, -0.15) is 0 Å². The Bertz CT molecular complexity index is 804. The summed E-state index contributed by atoms with van der Waals surface area (Å²) in [5.41, 5.74) is -1.03. The Morgan fingerprint density at radius 3 is 2.56 bits per heavy atom. The second kappa shape index (κ2) is 9.27. The van der Waals surface area contributed by atoms with Crippen molar-refractivity contribution < 1.29 is 18.3 Å². The molecular formula is C16H20N2O6P+. The highest BCUT2D eigenvalue weighted by molar-refractivity contribution is 7.33. The van der Waals surface area contributed by atoms with E-state index >= 15 is 0 Å². The van der Waals surface area contributed by atoms with Gasteiger partial charge in [-0.1, -0.05) is 25.1 Å². The number of hydrogen-bond donors (Lipinski definition) is 1.